The molecular weight excluding hydrogens is 474 g/mol. The molecule has 1 N–H and O–H groups in total. The smallest absolute Gasteiger partial charge is 0.349 e. The van der Waals surface area contributed by atoms with E-state index in [2.05, 4.69) is 59.7 Å². The number of carbonyl (C=O) groups excluding carboxylic acids is 1. The fraction of sp³-hybridized carbons (Fsp3) is 0.516. The van der Waals surface area contributed by atoms with Crippen LogP contribution in [0.25, 0.3) is 0 Å². The highest BCUT2D eigenvalue weighted by atomic mass is 16.5. The van der Waals surface area contributed by atoms with E-state index in [1.54, 1.807) is 5.01 Å². The molecule has 3 aliphatic heterocycles. The van der Waals surface area contributed by atoms with Crippen molar-refractivity contribution in [2.75, 3.05) is 31.2 Å². The number of ether oxygens (including phenoxy) is 1. The van der Waals surface area contributed by atoms with Gasteiger partial charge >= 0.3 is 6.03 Å². The predicted octanol–water partition coefficient (Wildman–Crippen LogP) is 5.97. The Morgan fingerprint density at radius 2 is 1.76 bits per heavy atom. The van der Waals surface area contributed by atoms with Crippen molar-refractivity contribution in [3.63, 3.8) is 0 Å². The minimum absolute atomic E-state index is 0.0439. The fourth-order valence-corrected chi connectivity index (χ4v) is 6.21. The van der Waals surface area contributed by atoms with E-state index in [9.17, 15) is 4.79 Å². The summed E-state index contributed by atoms with van der Waals surface area (Å²) in [5, 5.41) is 10.4. The molecule has 38 heavy (non-hydrogen) atoms. The van der Waals surface area contributed by atoms with Gasteiger partial charge in [-0.15, -0.1) is 0 Å². The third-order valence-electron chi connectivity index (χ3n) is 8.33. The molecule has 1 saturated heterocycles. The molecule has 0 atom stereocenters. The first-order valence-electron chi connectivity index (χ1n) is 14.4. The Morgan fingerprint density at radius 3 is 2.50 bits per heavy atom. The maximum Gasteiger partial charge on any atom is 0.349 e. The Labute approximate surface area is 226 Å². The van der Waals surface area contributed by atoms with E-state index in [0.29, 0.717) is 19.1 Å². The molecule has 6 rings (SSSR count). The summed E-state index contributed by atoms with van der Waals surface area (Å²) in [5.41, 5.74) is 6.33. The molecule has 1 saturated carbocycles. The average Bonchev–Trinajstić information content (AvgIpc) is 3.09. The Balaban J connectivity index is 1.40. The zero-order chi connectivity index (χ0) is 25.9. The molecule has 0 spiro atoms. The van der Waals surface area contributed by atoms with Crippen LogP contribution in [-0.4, -0.2) is 54.9 Å². The number of anilines is 2. The second-order valence-electron chi connectivity index (χ2n) is 11.1. The van der Waals surface area contributed by atoms with Crippen molar-refractivity contribution < 1.29 is 9.53 Å². The van der Waals surface area contributed by atoms with Crippen LogP contribution in [0.1, 0.15) is 68.1 Å². The third kappa shape index (κ3) is 5.21. The summed E-state index contributed by atoms with van der Waals surface area (Å²) < 4.78 is 5.65. The van der Waals surface area contributed by atoms with E-state index < -0.39 is 0 Å². The molecule has 7 heteroatoms. The Bertz CT molecular complexity index is 1210. The van der Waals surface area contributed by atoms with Crippen LogP contribution in [0.5, 0.6) is 0 Å². The van der Waals surface area contributed by atoms with Crippen molar-refractivity contribution in [1.29, 1.82) is 0 Å². The minimum atomic E-state index is -0.0689. The lowest BCUT2D eigenvalue weighted by Crippen LogP contribution is -2.45. The Kier molecular flexibility index (Phi) is 7.45. The van der Waals surface area contributed by atoms with Crippen molar-refractivity contribution in [2.45, 2.75) is 70.8 Å². The zero-order valence-corrected chi connectivity index (χ0v) is 22.5. The van der Waals surface area contributed by atoms with Crippen LogP contribution in [0, 0.1) is 12.8 Å². The molecule has 1 aliphatic carbocycles. The van der Waals surface area contributed by atoms with Crippen molar-refractivity contribution in [3.05, 3.63) is 59.2 Å². The minimum Gasteiger partial charge on any atom is -0.381 e. The first kappa shape index (κ1) is 25.1. The van der Waals surface area contributed by atoms with Crippen LogP contribution in [0.3, 0.4) is 0 Å². The predicted molar refractivity (Wildman–Crippen MR) is 153 cm³/mol. The van der Waals surface area contributed by atoms with Gasteiger partial charge in [0.15, 0.2) is 0 Å². The van der Waals surface area contributed by atoms with Crippen molar-refractivity contribution in [1.82, 2.24) is 10.3 Å². The largest absolute Gasteiger partial charge is 0.381 e. The highest BCUT2D eigenvalue weighted by molar-refractivity contribution is 6.14. The van der Waals surface area contributed by atoms with Gasteiger partial charge in [0.05, 0.1) is 23.1 Å². The summed E-state index contributed by atoms with van der Waals surface area (Å²) in [6.45, 7) is 5.32. The highest BCUT2D eigenvalue weighted by Crippen LogP contribution is 2.39. The summed E-state index contributed by atoms with van der Waals surface area (Å²) in [7, 11) is 0. The molecule has 2 aromatic rings. The second kappa shape index (κ2) is 11.3. The zero-order valence-electron chi connectivity index (χ0n) is 22.5. The lowest BCUT2D eigenvalue weighted by Gasteiger charge is -2.33. The molecule has 200 valence electrons. The van der Waals surface area contributed by atoms with E-state index in [1.807, 2.05) is 4.90 Å². The van der Waals surface area contributed by atoms with Crippen LogP contribution in [0.2, 0.25) is 0 Å². The van der Waals surface area contributed by atoms with Gasteiger partial charge in [0.25, 0.3) is 0 Å². The van der Waals surface area contributed by atoms with Crippen molar-refractivity contribution in [3.8, 4) is 0 Å². The second-order valence-corrected chi connectivity index (χ2v) is 11.1. The van der Waals surface area contributed by atoms with Gasteiger partial charge in [0, 0.05) is 44.2 Å². The number of rotatable bonds is 5. The van der Waals surface area contributed by atoms with Crippen molar-refractivity contribution >= 4 is 29.0 Å². The lowest BCUT2D eigenvalue weighted by molar-refractivity contribution is 0.0480. The number of hydrogen-bond donors (Lipinski definition) is 1. The summed E-state index contributed by atoms with van der Waals surface area (Å²) in [4.78, 5) is 20.9. The Morgan fingerprint density at radius 1 is 0.974 bits per heavy atom. The number of hydrogen-bond acceptors (Lipinski definition) is 5. The summed E-state index contributed by atoms with van der Waals surface area (Å²) >= 11 is 0. The van der Waals surface area contributed by atoms with Gasteiger partial charge in [0.2, 0.25) is 0 Å². The third-order valence-corrected chi connectivity index (χ3v) is 8.33. The number of amides is 2. The van der Waals surface area contributed by atoms with E-state index in [-0.39, 0.29) is 12.1 Å². The average molecular weight is 514 g/mol. The van der Waals surface area contributed by atoms with Crippen LogP contribution in [0.4, 0.5) is 16.2 Å². The summed E-state index contributed by atoms with van der Waals surface area (Å²) in [6, 6.07) is 14.9. The number of aryl methyl sites for hydroxylation is 1. The number of urea groups is 1. The summed E-state index contributed by atoms with van der Waals surface area (Å²) in [5.74, 6) is 1.43. The maximum atomic E-state index is 14.4. The summed E-state index contributed by atoms with van der Waals surface area (Å²) in [6.07, 6.45) is 9.49. The first-order chi connectivity index (χ1) is 18.7. The number of carbonyl (C=O) groups is 1. The van der Waals surface area contributed by atoms with Crippen LogP contribution in [0.15, 0.2) is 52.6 Å². The van der Waals surface area contributed by atoms with Crippen molar-refractivity contribution in [2.24, 2.45) is 16.0 Å². The molecule has 3 heterocycles. The van der Waals surface area contributed by atoms with Gasteiger partial charge in [-0.3, -0.25) is 9.89 Å². The monoisotopic (exact) mass is 513 g/mol. The molecule has 0 radical (unpaired) electrons. The molecule has 2 amide bonds. The number of nitrogens with one attached hydrogen (secondary N) is 1. The standard InChI is InChI=1S/C31H39N5O2/c1-22-8-13-27-28(20-22)35(25-11-9-23(10-12-25)21-29-32-16-5-17-33-29)31(37)36(26-14-18-38-19-15-26)34-30(27)24-6-3-2-4-7-24/h8-13,20,24,26H,2-7,14-19,21H2,1H3,(H,32,33). The molecule has 4 aliphatic rings. The van der Waals surface area contributed by atoms with E-state index in [1.165, 1.54) is 24.8 Å². The Hall–Kier alpha value is -3.19. The van der Waals surface area contributed by atoms with E-state index in [4.69, 9.17) is 9.84 Å². The molecule has 7 nitrogen and oxygen atoms in total. The molecule has 2 fully saturated rings. The lowest BCUT2D eigenvalue weighted by atomic mass is 9.82. The van der Waals surface area contributed by atoms with Gasteiger partial charge in [-0.2, -0.15) is 5.10 Å². The van der Waals surface area contributed by atoms with E-state index >= 15 is 0 Å². The van der Waals surface area contributed by atoms with Crippen LogP contribution >= 0.6 is 0 Å². The van der Waals surface area contributed by atoms with Gasteiger partial charge in [-0.1, -0.05) is 43.5 Å². The van der Waals surface area contributed by atoms with Crippen LogP contribution in [-0.2, 0) is 11.2 Å². The molecule has 0 aromatic heterocycles. The van der Waals surface area contributed by atoms with Crippen LogP contribution < -0.4 is 10.2 Å². The molecular formula is C31H39N5O2. The molecule has 2 aromatic carbocycles. The first-order valence-corrected chi connectivity index (χ1v) is 14.4. The fourth-order valence-electron chi connectivity index (χ4n) is 6.21. The number of aliphatic imine (C=N–C) groups is 1. The number of benzene rings is 2. The van der Waals surface area contributed by atoms with Gasteiger partial charge in [-0.25, -0.2) is 9.80 Å². The van der Waals surface area contributed by atoms with Gasteiger partial charge < -0.3 is 10.1 Å². The number of amidine groups is 1. The molecule has 0 bridgehead atoms. The SMILES string of the molecule is Cc1ccc2c(c1)N(c1ccc(CC3=NCCCN3)cc1)C(=O)N(C1CCOCC1)N=C2C1CCCCC1. The highest BCUT2D eigenvalue weighted by Gasteiger charge is 2.37. The number of hydrazone groups is 1. The molecule has 0 unspecified atom stereocenters. The topological polar surface area (TPSA) is 69.5 Å². The number of nitrogens with zero attached hydrogens (tertiary/aromatic N) is 4. The number of fused-ring (bicyclic) bond motifs is 1. The normalized spacial score (nSPS) is 21.3. The van der Waals surface area contributed by atoms with E-state index in [0.717, 1.165) is 85.7 Å². The maximum absolute atomic E-state index is 14.4. The van der Waals surface area contributed by atoms with Gasteiger partial charge in [0.1, 0.15) is 5.84 Å². The quantitative estimate of drug-likeness (QED) is 0.536. The van der Waals surface area contributed by atoms with Gasteiger partial charge in [-0.05, 0) is 68.4 Å².